The SMILES string of the molecule is C#CCO[C@@H](CC=C)c1cccs1. The highest BCUT2D eigenvalue weighted by molar-refractivity contribution is 7.10. The average Bonchev–Trinajstić information content (AvgIpc) is 2.65. The lowest BCUT2D eigenvalue weighted by atomic mass is 10.2. The summed E-state index contributed by atoms with van der Waals surface area (Å²) in [4.78, 5) is 1.20. The Balaban J connectivity index is 2.58. The molecule has 1 heterocycles. The molecular formula is C11H12OS. The number of terminal acetylenes is 1. The molecule has 1 nitrogen and oxygen atoms in total. The van der Waals surface area contributed by atoms with Gasteiger partial charge < -0.3 is 4.74 Å². The maximum Gasteiger partial charge on any atom is 0.108 e. The normalized spacial score (nSPS) is 11.9. The second kappa shape index (κ2) is 5.58. The smallest absolute Gasteiger partial charge is 0.108 e. The second-order valence-electron chi connectivity index (χ2n) is 2.54. The highest BCUT2D eigenvalue weighted by Crippen LogP contribution is 2.25. The minimum Gasteiger partial charge on any atom is -0.360 e. The van der Waals surface area contributed by atoms with Crippen LogP contribution in [0, 0.1) is 12.3 Å². The molecule has 0 N–H and O–H groups in total. The van der Waals surface area contributed by atoms with E-state index in [1.807, 2.05) is 17.5 Å². The van der Waals surface area contributed by atoms with Gasteiger partial charge in [-0.25, -0.2) is 0 Å². The standard InChI is InChI=1S/C11H12OS/c1-3-6-10(12-8-4-2)11-7-5-9-13-11/h2-3,5,7,9-10H,1,6,8H2/t10-/m0/s1. The summed E-state index contributed by atoms with van der Waals surface area (Å²) in [6, 6.07) is 4.06. The molecule has 1 atom stereocenters. The highest BCUT2D eigenvalue weighted by Gasteiger charge is 2.09. The average molecular weight is 192 g/mol. The first-order chi connectivity index (χ1) is 6.38. The van der Waals surface area contributed by atoms with Crippen LogP contribution in [0.15, 0.2) is 30.2 Å². The molecule has 13 heavy (non-hydrogen) atoms. The predicted octanol–water partition coefficient (Wildman–Crippen LogP) is 3.02. The number of ether oxygens (including phenoxy) is 1. The lowest BCUT2D eigenvalue weighted by Gasteiger charge is -2.12. The molecule has 0 aliphatic carbocycles. The van der Waals surface area contributed by atoms with Crippen molar-refractivity contribution in [2.75, 3.05) is 6.61 Å². The van der Waals surface area contributed by atoms with Crippen LogP contribution in [0.1, 0.15) is 17.4 Å². The van der Waals surface area contributed by atoms with Gasteiger partial charge in [0.05, 0.1) is 6.10 Å². The molecule has 0 saturated heterocycles. The van der Waals surface area contributed by atoms with Gasteiger partial charge in [0.1, 0.15) is 6.61 Å². The summed E-state index contributed by atoms with van der Waals surface area (Å²) in [6.07, 6.45) is 7.86. The minimum atomic E-state index is 0.0774. The van der Waals surface area contributed by atoms with E-state index in [1.165, 1.54) is 4.88 Å². The molecule has 0 spiro atoms. The maximum atomic E-state index is 5.48. The van der Waals surface area contributed by atoms with E-state index in [2.05, 4.69) is 18.6 Å². The summed E-state index contributed by atoms with van der Waals surface area (Å²) >= 11 is 1.68. The molecule has 1 aromatic rings. The monoisotopic (exact) mass is 192 g/mol. The Morgan fingerprint density at radius 2 is 2.62 bits per heavy atom. The van der Waals surface area contributed by atoms with Crippen LogP contribution in [-0.4, -0.2) is 6.61 Å². The van der Waals surface area contributed by atoms with E-state index in [0.717, 1.165) is 6.42 Å². The zero-order valence-electron chi connectivity index (χ0n) is 7.40. The molecule has 0 fully saturated rings. The molecule has 2 heteroatoms. The van der Waals surface area contributed by atoms with Crippen LogP contribution >= 0.6 is 11.3 Å². The summed E-state index contributed by atoms with van der Waals surface area (Å²) < 4.78 is 5.48. The van der Waals surface area contributed by atoms with E-state index < -0.39 is 0 Å². The van der Waals surface area contributed by atoms with E-state index in [4.69, 9.17) is 11.2 Å². The molecule has 0 aromatic carbocycles. The zero-order valence-corrected chi connectivity index (χ0v) is 8.22. The fourth-order valence-electron chi connectivity index (χ4n) is 1.04. The van der Waals surface area contributed by atoms with Crippen LogP contribution in [0.25, 0.3) is 0 Å². The van der Waals surface area contributed by atoms with Crippen LogP contribution in [0.2, 0.25) is 0 Å². The van der Waals surface area contributed by atoms with E-state index in [9.17, 15) is 0 Å². The Kier molecular flexibility index (Phi) is 4.31. The second-order valence-corrected chi connectivity index (χ2v) is 3.52. The van der Waals surface area contributed by atoms with Crippen molar-refractivity contribution in [2.24, 2.45) is 0 Å². The first-order valence-corrected chi connectivity index (χ1v) is 4.95. The van der Waals surface area contributed by atoms with Crippen molar-refractivity contribution in [2.45, 2.75) is 12.5 Å². The van der Waals surface area contributed by atoms with Crippen molar-refractivity contribution >= 4 is 11.3 Å². The summed E-state index contributed by atoms with van der Waals surface area (Å²) in [5, 5.41) is 2.03. The zero-order chi connectivity index (χ0) is 9.52. The summed E-state index contributed by atoms with van der Waals surface area (Å²) in [5.74, 6) is 2.47. The van der Waals surface area contributed by atoms with Crippen molar-refractivity contribution in [1.82, 2.24) is 0 Å². The third kappa shape index (κ3) is 3.06. The Hall–Kier alpha value is -1.04. The van der Waals surface area contributed by atoms with Crippen molar-refractivity contribution in [3.8, 4) is 12.3 Å². The number of hydrogen-bond donors (Lipinski definition) is 0. The van der Waals surface area contributed by atoms with E-state index in [1.54, 1.807) is 11.3 Å². The number of thiophene rings is 1. The van der Waals surface area contributed by atoms with Crippen LogP contribution in [0.5, 0.6) is 0 Å². The molecule has 68 valence electrons. The van der Waals surface area contributed by atoms with Crippen LogP contribution in [-0.2, 0) is 4.74 Å². The van der Waals surface area contributed by atoms with Crippen molar-refractivity contribution in [3.63, 3.8) is 0 Å². The lowest BCUT2D eigenvalue weighted by molar-refractivity contribution is 0.0830. The van der Waals surface area contributed by atoms with Gasteiger partial charge in [-0.2, -0.15) is 0 Å². The molecule has 0 aliphatic heterocycles. The fourth-order valence-corrected chi connectivity index (χ4v) is 1.83. The summed E-state index contributed by atoms with van der Waals surface area (Å²) in [7, 11) is 0. The molecular weight excluding hydrogens is 180 g/mol. The molecule has 0 amide bonds. The van der Waals surface area contributed by atoms with Gasteiger partial charge in [-0.05, 0) is 17.9 Å². The first-order valence-electron chi connectivity index (χ1n) is 4.08. The molecule has 1 aromatic heterocycles. The van der Waals surface area contributed by atoms with Gasteiger partial charge in [-0.1, -0.05) is 18.1 Å². The van der Waals surface area contributed by atoms with E-state index in [-0.39, 0.29) is 6.10 Å². The lowest BCUT2D eigenvalue weighted by Crippen LogP contribution is -2.01. The molecule has 0 radical (unpaired) electrons. The van der Waals surface area contributed by atoms with Gasteiger partial charge >= 0.3 is 0 Å². The quantitative estimate of drug-likeness (QED) is 0.514. The molecule has 0 aliphatic rings. The van der Waals surface area contributed by atoms with E-state index >= 15 is 0 Å². The van der Waals surface area contributed by atoms with Gasteiger partial charge in [-0.15, -0.1) is 24.3 Å². The van der Waals surface area contributed by atoms with E-state index in [0.29, 0.717) is 6.61 Å². The third-order valence-electron chi connectivity index (χ3n) is 1.61. The Labute approximate surface area is 83.0 Å². The van der Waals surface area contributed by atoms with Gasteiger partial charge in [-0.3, -0.25) is 0 Å². The molecule has 0 saturated carbocycles. The van der Waals surface area contributed by atoms with Crippen LogP contribution in [0.3, 0.4) is 0 Å². The predicted molar refractivity (Wildman–Crippen MR) is 56.7 cm³/mol. The first kappa shape index (κ1) is 10.0. The largest absolute Gasteiger partial charge is 0.360 e. The third-order valence-corrected chi connectivity index (χ3v) is 2.57. The number of hydrogen-bond acceptors (Lipinski definition) is 2. The highest BCUT2D eigenvalue weighted by atomic mass is 32.1. The van der Waals surface area contributed by atoms with Crippen molar-refractivity contribution in [1.29, 1.82) is 0 Å². The van der Waals surface area contributed by atoms with Crippen molar-refractivity contribution in [3.05, 3.63) is 35.0 Å². The summed E-state index contributed by atoms with van der Waals surface area (Å²) in [5.41, 5.74) is 0. The topological polar surface area (TPSA) is 9.23 Å². The number of rotatable bonds is 5. The molecule has 1 rings (SSSR count). The van der Waals surface area contributed by atoms with Crippen molar-refractivity contribution < 1.29 is 4.74 Å². The Morgan fingerprint density at radius 1 is 1.77 bits per heavy atom. The van der Waals surface area contributed by atoms with Crippen LogP contribution in [0.4, 0.5) is 0 Å². The fraction of sp³-hybridized carbons (Fsp3) is 0.273. The molecule has 0 bridgehead atoms. The molecule has 0 unspecified atom stereocenters. The van der Waals surface area contributed by atoms with Gasteiger partial charge in [0.25, 0.3) is 0 Å². The Bertz CT molecular complexity index is 282. The summed E-state index contributed by atoms with van der Waals surface area (Å²) in [6.45, 7) is 4.05. The maximum absolute atomic E-state index is 5.48. The Morgan fingerprint density at radius 3 is 3.15 bits per heavy atom. The van der Waals surface area contributed by atoms with Gasteiger partial charge in [0.2, 0.25) is 0 Å². The van der Waals surface area contributed by atoms with Gasteiger partial charge in [0.15, 0.2) is 0 Å². The van der Waals surface area contributed by atoms with Gasteiger partial charge in [0, 0.05) is 4.88 Å². The minimum absolute atomic E-state index is 0.0774. The van der Waals surface area contributed by atoms with Crippen LogP contribution < -0.4 is 0 Å².